The van der Waals surface area contributed by atoms with E-state index in [0.717, 1.165) is 13.1 Å². The zero-order chi connectivity index (χ0) is 7.98. The van der Waals surface area contributed by atoms with Gasteiger partial charge in [0.2, 0.25) is 0 Å². The lowest BCUT2D eigenvalue weighted by Crippen LogP contribution is -2.28. The van der Waals surface area contributed by atoms with Gasteiger partial charge in [-0.15, -0.1) is 0 Å². The average molecular weight is 144 g/mol. The van der Waals surface area contributed by atoms with Gasteiger partial charge >= 0.3 is 0 Å². The van der Waals surface area contributed by atoms with Gasteiger partial charge in [-0.3, -0.25) is 0 Å². The van der Waals surface area contributed by atoms with E-state index in [-0.39, 0.29) is 0 Å². The standard InChI is InChI=1S/C8H20N2/c1-3-4-7(2)8(5-9)6-10/h7-8H,3-6,9-10H2,1-2H3. The van der Waals surface area contributed by atoms with Crippen LogP contribution in [0.3, 0.4) is 0 Å². The fourth-order valence-electron chi connectivity index (χ4n) is 1.25. The molecule has 2 heteroatoms. The highest BCUT2D eigenvalue weighted by Gasteiger charge is 2.11. The Labute approximate surface area is 64.0 Å². The molecule has 1 unspecified atom stereocenters. The summed E-state index contributed by atoms with van der Waals surface area (Å²) >= 11 is 0. The van der Waals surface area contributed by atoms with Gasteiger partial charge in [0, 0.05) is 0 Å². The molecule has 10 heavy (non-hydrogen) atoms. The maximum absolute atomic E-state index is 5.53. The molecule has 0 rings (SSSR count). The van der Waals surface area contributed by atoms with E-state index in [2.05, 4.69) is 13.8 Å². The molecule has 0 radical (unpaired) electrons. The second-order valence-electron chi connectivity index (χ2n) is 3.00. The summed E-state index contributed by atoms with van der Waals surface area (Å²) in [7, 11) is 0. The summed E-state index contributed by atoms with van der Waals surface area (Å²) in [5.74, 6) is 1.22. The smallest absolute Gasteiger partial charge is 0.00342 e. The Morgan fingerprint density at radius 2 is 1.70 bits per heavy atom. The highest BCUT2D eigenvalue weighted by atomic mass is 14.6. The molecule has 0 fully saturated rings. The molecule has 0 saturated heterocycles. The number of nitrogens with two attached hydrogens (primary N) is 2. The minimum atomic E-state index is 0.528. The van der Waals surface area contributed by atoms with E-state index in [9.17, 15) is 0 Å². The minimum absolute atomic E-state index is 0.528. The summed E-state index contributed by atoms with van der Waals surface area (Å²) in [4.78, 5) is 0. The van der Waals surface area contributed by atoms with E-state index in [1.807, 2.05) is 0 Å². The molecule has 62 valence electrons. The van der Waals surface area contributed by atoms with Gasteiger partial charge in [0.1, 0.15) is 0 Å². The highest BCUT2D eigenvalue weighted by Crippen LogP contribution is 2.14. The van der Waals surface area contributed by atoms with Crippen molar-refractivity contribution in [2.75, 3.05) is 13.1 Å². The molecule has 4 N–H and O–H groups in total. The molecule has 0 saturated carbocycles. The average Bonchev–Trinajstić information content (AvgIpc) is 1.91. The molecule has 0 bridgehead atoms. The molecule has 0 aromatic rings. The molecule has 0 aliphatic carbocycles. The fourth-order valence-corrected chi connectivity index (χ4v) is 1.25. The highest BCUT2D eigenvalue weighted by molar-refractivity contribution is 4.67. The summed E-state index contributed by atoms with van der Waals surface area (Å²) in [5.41, 5.74) is 11.1. The Hall–Kier alpha value is -0.0800. The van der Waals surface area contributed by atoms with Crippen molar-refractivity contribution in [2.45, 2.75) is 26.7 Å². The van der Waals surface area contributed by atoms with Crippen LogP contribution in [0.2, 0.25) is 0 Å². The first kappa shape index (κ1) is 9.92. The quantitative estimate of drug-likeness (QED) is 0.603. The van der Waals surface area contributed by atoms with Crippen molar-refractivity contribution < 1.29 is 0 Å². The first-order chi connectivity index (χ1) is 4.76. The monoisotopic (exact) mass is 144 g/mol. The van der Waals surface area contributed by atoms with Crippen molar-refractivity contribution in [2.24, 2.45) is 23.3 Å². The van der Waals surface area contributed by atoms with Gasteiger partial charge in [0.25, 0.3) is 0 Å². The predicted molar refractivity (Wildman–Crippen MR) is 45.7 cm³/mol. The van der Waals surface area contributed by atoms with E-state index >= 15 is 0 Å². The normalized spacial score (nSPS) is 14.1. The molecule has 0 amide bonds. The lowest BCUT2D eigenvalue weighted by atomic mass is 9.90. The van der Waals surface area contributed by atoms with E-state index in [1.54, 1.807) is 0 Å². The summed E-state index contributed by atoms with van der Waals surface area (Å²) in [6.07, 6.45) is 2.48. The Morgan fingerprint density at radius 1 is 1.20 bits per heavy atom. The zero-order valence-electron chi connectivity index (χ0n) is 7.14. The molecular weight excluding hydrogens is 124 g/mol. The number of hydrogen-bond donors (Lipinski definition) is 2. The molecule has 1 atom stereocenters. The van der Waals surface area contributed by atoms with Gasteiger partial charge in [0.15, 0.2) is 0 Å². The molecule has 0 heterocycles. The molecular formula is C8H20N2. The van der Waals surface area contributed by atoms with E-state index in [0.29, 0.717) is 11.8 Å². The van der Waals surface area contributed by atoms with E-state index in [4.69, 9.17) is 11.5 Å². The van der Waals surface area contributed by atoms with Crippen LogP contribution in [0.1, 0.15) is 26.7 Å². The Balaban J connectivity index is 3.53. The van der Waals surface area contributed by atoms with Crippen LogP contribution in [0.5, 0.6) is 0 Å². The third-order valence-electron chi connectivity index (χ3n) is 2.15. The van der Waals surface area contributed by atoms with Crippen molar-refractivity contribution in [1.82, 2.24) is 0 Å². The van der Waals surface area contributed by atoms with E-state index in [1.165, 1.54) is 12.8 Å². The Kier molecular flexibility index (Phi) is 5.64. The van der Waals surface area contributed by atoms with Crippen LogP contribution >= 0.6 is 0 Å². The van der Waals surface area contributed by atoms with Crippen LogP contribution in [0.15, 0.2) is 0 Å². The molecule has 2 nitrogen and oxygen atoms in total. The molecule has 0 aromatic carbocycles. The second kappa shape index (κ2) is 5.69. The lowest BCUT2D eigenvalue weighted by Gasteiger charge is -2.19. The summed E-state index contributed by atoms with van der Waals surface area (Å²) < 4.78 is 0. The maximum atomic E-state index is 5.53. The van der Waals surface area contributed by atoms with Crippen molar-refractivity contribution in [3.8, 4) is 0 Å². The maximum Gasteiger partial charge on any atom is -0.00342 e. The van der Waals surface area contributed by atoms with Crippen LogP contribution in [-0.2, 0) is 0 Å². The zero-order valence-corrected chi connectivity index (χ0v) is 7.14. The van der Waals surface area contributed by atoms with Crippen LogP contribution in [0, 0.1) is 11.8 Å². The topological polar surface area (TPSA) is 52.0 Å². The fraction of sp³-hybridized carbons (Fsp3) is 1.00. The van der Waals surface area contributed by atoms with Gasteiger partial charge in [-0.2, -0.15) is 0 Å². The van der Waals surface area contributed by atoms with E-state index < -0.39 is 0 Å². The first-order valence-electron chi connectivity index (χ1n) is 4.16. The van der Waals surface area contributed by atoms with Crippen molar-refractivity contribution in [1.29, 1.82) is 0 Å². The van der Waals surface area contributed by atoms with Crippen LogP contribution in [0.25, 0.3) is 0 Å². The Bertz CT molecular complexity index is 69.7. The SMILES string of the molecule is CCCC(C)C(CN)CN. The van der Waals surface area contributed by atoms with Crippen molar-refractivity contribution in [3.63, 3.8) is 0 Å². The van der Waals surface area contributed by atoms with Gasteiger partial charge in [-0.05, 0) is 24.9 Å². The molecule has 0 aliphatic heterocycles. The van der Waals surface area contributed by atoms with Crippen molar-refractivity contribution in [3.05, 3.63) is 0 Å². The third kappa shape index (κ3) is 3.18. The van der Waals surface area contributed by atoms with Gasteiger partial charge in [-0.25, -0.2) is 0 Å². The molecule has 0 aromatic heterocycles. The number of hydrogen-bond acceptors (Lipinski definition) is 2. The molecule has 0 spiro atoms. The Morgan fingerprint density at radius 3 is 2.00 bits per heavy atom. The van der Waals surface area contributed by atoms with Crippen LogP contribution < -0.4 is 11.5 Å². The molecule has 0 aliphatic rings. The second-order valence-corrected chi connectivity index (χ2v) is 3.00. The van der Waals surface area contributed by atoms with Gasteiger partial charge in [0.05, 0.1) is 0 Å². The van der Waals surface area contributed by atoms with Crippen LogP contribution in [0.4, 0.5) is 0 Å². The van der Waals surface area contributed by atoms with Crippen molar-refractivity contribution >= 4 is 0 Å². The van der Waals surface area contributed by atoms with Gasteiger partial charge < -0.3 is 11.5 Å². The first-order valence-corrected chi connectivity index (χ1v) is 4.16. The lowest BCUT2D eigenvalue weighted by molar-refractivity contribution is 0.350. The largest absolute Gasteiger partial charge is 0.330 e. The summed E-state index contributed by atoms with van der Waals surface area (Å²) in [6, 6.07) is 0. The third-order valence-corrected chi connectivity index (χ3v) is 2.15. The van der Waals surface area contributed by atoms with Gasteiger partial charge in [-0.1, -0.05) is 26.7 Å². The summed E-state index contributed by atoms with van der Waals surface area (Å²) in [6.45, 7) is 5.89. The predicted octanol–water partition coefficient (Wildman–Crippen LogP) is 0.956. The van der Waals surface area contributed by atoms with Crippen LogP contribution in [-0.4, -0.2) is 13.1 Å². The number of rotatable bonds is 5. The minimum Gasteiger partial charge on any atom is -0.330 e. The summed E-state index contributed by atoms with van der Waals surface area (Å²) in [5, 5.41) is 0.